The van der Waals surface area contributed by atoms with Gasteiger partial charge < -0.3 is 5.11 Å². The first-order valence-electron chi connectivity index (χ1n) is 4.65. The number of aliphatic hydroxyl groups excluding tert-OH is 1. The second kappa shape index (κ2) is 5.30. The van der Waals surface area contributed by atoms with Gasteiger partial charge >= 0.3 is 0 Å². The summed E-state index contributed by atoms with van der Waals surface area (Å²) < 4.78 is 0. The first kappa shape index (κ1) is 10.6. The molecule has 0 aliphatic heterocycles. The summed E-state index contributed by atoms with van der Waals surface area (Å²) >= 11 is 1.84. The van der Waals surface area contributed by atoms with Crippen LogP contribution in [0.2, 0.25) is 0 Å². The van der Waals surface area contributed by atoms with Gasteiger partial charge in [-0.1, -0.05) is 19.1 Å². The fourth-order valence-corrected chi connectivity index (χ4v) is 1.92. The largest absolute Gasteiger partial charge is 0.389 e. The smallest absolute Gasteiger partial charge is 0.0762 e. The van der Waals surface area contributed by atoms with E-state index in [1.54, 1.807) is 6.92 Å². The van der Waals surface area contributed by atoms with Crippen LogP contribution in [-0.2, 0) is 0 Å². The molecular formula is C11H16OS. The highest BCUT2D eigenvalue weighted by molar-refractivity contribution is 7.99. The Morgan fingerprint density at radius 1 is 1.46 bits per heavy atom. The van der Waals surface area contributed by atoms with Gasteiger partial charge in [0.25, 0.3) is 0 Å². The van der Waals surface area contributed by atoms with E-state index < -0.39 is 0 Å². The number of hydrogen-bond acceptors (Lipinski definition) is 2. The molecule has 1 N–H and O–H groups in total. The molecule has 0 saturated heterocycles. The summed E-state index contributed by atoms with van der Waals surface area (Å²) in [7, 11) is 0. The third-order valence-electron chi connectivity index (χ3n) is 1.81. The lowest BCUT2D eigenvalue weighted by atomic mass is 10.1. The molecule has 0 heterocycles. The molecule has 0 aliphatic rings. The van der Waals surface area contributed by atoms with Gasteiger partial charge in [-0.05, 0) is 36.8 Å². The molecule has 72 valence electrons. The Hall–Kier alpha value is -0.470. The summed E-state index contributed by atoms with van der Waals surface area (Å²) in [6, 6.07) is 8.11. The van der Waals surface area contributed by atoms with Crippen LogP contribution in [-0.4, -0.2) is 10.9 Å². The normalized spacial score (nSPS) is 12.8. The molecule has 1 aromatic carbocycles. The monoisotopic (exact) mass is 196 g/mol. The minimum atomic E-state index is -0.359. The van der Waals surface area contributed by atoms with E-state index in [9.17, 15) is 5.11 Å². The van der Waals surface area contributed by atoms with Gasteiger partial charge in [0.1, 0.15) is 0 Å². The van der Waals surface area contributed by atoms with E-state index in [1.165, 1.54) is 11.3 Å². The minimum absolute atomic E-state index is 0.359. The lowest BCUT2D eigenvalue weighted by Crippen LogP contribution is -1.90. The molecule has 0 aliphatic carbocycles. The van der Waals surface area contributed by atoms with Crippen LogP contribution in [0.15, 0.2) is 29.2 Å². The highest BCUT2D eigenvalue weighted by Crippen LogP contribution is 2.22. The van der Waals surface area contributed by atoms with Crippen LogP contribution >= 0.6 is 11.8 Å². The number of hydrogen-bond donors (Lipinski definition) is 1. The van der Waals surface area contributed by atoms with Crippen LogP contribution in [0.4, 0.5) is 0 Å². The van der Waals surface area contributed by atoms with E-state index in [0.29, 0.717) is 0 Å². The Kier molecular flexibility index (Phi) is 4.33. The Bertz CT molecular complexity index is 258. The van der Waals surface area contributed by atoms with Crippen molar-refractivity contribution >= 4 is 11.8 Å². The predicted molar refractivity (Wildman–Crippen MR) is 58.1 cm³/mol. The molecule has 0 aromatic heterocycles. The molecule has 1 aromatic rings. The van der Waals surface area contributed by atoms with Crippen molar-refractivity contribution in [2.45, 2.75) is 31.3 Å². The second-order valence-electron chi connectivity index (χ2n) is 3.10. The molecule has 2 heteroatoms. The van der Waals surface area contributed by atoms with Crippen LogP contribution in [0, 0.1) is 0 Å². The average molecular weight is 196 g/mol. The summed E-state index contributed by atoms with van der Waals surface area (Å²) in [4.78, 5) is 1.25. The maximum atomic E-state index is 9.36. The molecule has 0 radical (unpaired) electrons. The van der Waals surface area contributed by atoms with E-state index in [4.69, 9.17) is 0 Å². The Morgan fingerprint density at radius 3 is 2.85 bits per heavy atom. The first-order chi connectivity index (χ1) is 6.24. The van der Waals surface area contributed by atoms with Crippen LogP contribution in [0.1, 0.15) is 31.9 Å². The molecule has 0 spiro atoms. The number of rotatable bonds is 4. The highest BCUT2D eigenvalue weighted by atomic mass is 32.2. The van der Waals surface area contributed by atoms with Crippen LogP contribution in [0.3, 0.4) is 0 Å². The lowest BCUT2D eigenvalue weighted by molar-refractivity contribution is 0.199. The molecular weight excluding hydrogens is 180 g/mol. The highest BCUT2D eigenvalue weighted by Gasteiger charge is 2.00. The van der Waals surface area contributed by atoms with Crippen molar-refractivity contribution in [1.29, 1.82) is 0 Å². The fraction of sp³-hybridized carbons (Fsp3) is 0.455. The van der Waals surface area contributed by atoms with E-state index >= 15 is 0 Å². The molecule has 0 fully saturated rings. The standard InChI is InChI=1S/C11H16OS/c1-3-7-13-11-6-4-5-10(8-11)9(2)12/h4-6,8-9,12H,3,7H2,1-2H3/t9-/m0/s1. The lowest BCUT2D eigenvalue weighted by Gasteiger charge is -2.06. The summed E-state index contributed by atoms with van der Waals surface area (Å²) in [5, 5.41) is 9.36. The summed E-state index contributed by atoms with van der Waals surface area (Å²) in [6.45, 7) is 3.97. The summed E-state index contributed by atoms with van der Waals surface area (Å²) in [5.74, 6) is 1.14. The third kappa shape index (κ3) is 3.41. The van der Waals surface area contributed by atoms with Crippen molar-refractivity contribution in [3.63, 3.8) is 0 Å². The quantitative estimate of drug-likeness (QED) is 0.746. The topological polar surface area (TPSA) is 20.2 Å². The summed E-state index contributed by atoms with van der Waals surface area (Å²) in [5.41, 5.74) is 1.00. The van der Waals surface area contributed by atoms with Crippen molar-refractivity contribution in [2.24, 2.45) is 0 Å². The zero-order valence-corrected chi connectivity index (χ0v) is 8.97. The van der Waals surface area contributed by atoms with Gasteiger partial charge in [0.2, 0.25) is 0 Å². The SMILES string of the molecule is CCCSc1cccc([C@H](C)O)c1. The van der Waals surface area contributed by atoms with Gasteiger partial charge in [-0.2, -0.15) is 0 Å². The van der Waals surface area contributed by atoms with Gasteiger partial charge in [0.15, 0.2) is 0 Å². The Balaban J connectivity index is 2.68. The van der Waals surface area contributed by atoms with Crippen LogP contribution < -0.4 is 0 Å². The van der Waals surface area contributed by atoms with Gasteiger partial charge in [-0.15, -0.1) is 11.8 Å². The van der Waals surface area contributed by atoms with Crippen molar-refractivity contribution in [2.75, 3.05) is 5.75 Å². The number of benzene rings is 1. The van der Waals surface area contributed by atoms with Crippen molar-refractivity contribution in [1.82, 2.24) is 0 Å². The molecule has 0 bridgehead atoms. The second-order valence-corrected chi connectivity index (χ2v) is 4.27. The third-order valence-corrected chi connectivity index (χ3v) is 3.01. The average Bonchev–Trinajstić information content (AvgIpc) is 2.15. The fourth-order valence-electron chi connectivity index (χ4n) is 1.08. The van der Waals surface area contributed by atoms with Crippen molar-refractivity contribution < 1.29 is 5.11 Å². The van der Waals surface area contributed by atoms with Crippen LogP contribution in [0.5, 0.6) is 0 Å². The molecule has 1 nitrogen and oxygen atoms in total. The van der Waals surface area contributed by atoms with Gasteiger partial charge in [-0.3, -0.25) is 0 Å². The molecule has 1 rings (SSSR count). The van der Waals surface area contributed by atoms with Crippen LogP contribution in [0.25, 0.3) is 0 Å². The first-order valence-corrected chi connectivity index (χ1v) is 5.63. The molecule has 0 saturated carbocycles. The van der Waals surface area contributed by atoms with Gasteiger partial charge in [-0.25, -0.2) is 0 Å². The Labute approximate surface area is 84.2 Å². The summed E-state index contributed by atoms with van der Waals surface area (Å²) in [6.07, 6.45) is 0.825. The zero-order chi connectivity index (χ0) is 9.68. The van der Waals surface area contributed by atoms with Gasteiger partial charge in [0, 0.05) is 4.90 Å². The molecule has 1 atom stereocenters. The van der Waals surface area contributed by atoms with Crippen molar-refractivity contribution in [3.05, 3.63) is 29.8 Å². The molecule has 13 heavy (non-hydrogen) atoms. The van der Waals surface area contributed by atoms with E-state index in [-0.39, 0.29) is 6.10 Å². The van der Waals surface area contributed by atoms with E-state index in [2.05, 4.69) is 19.1 Å². The van der Waals surface area contributed by atoms with E-state index in [1.807, 2.05) is 23.9 Å². The predicted octanol–water partition coefficient (Wildman–Crippen LogP) is 3.24. The van der Waals surface area contributed by atoms with E-state index in [0.717, 1.165) is 11.3 Å². The maximum absolute atomic E-state index is 9.36. The van der Waals surface area contributed by atoms with Crippen molar-refractivity contribution in [3.8, 4) is 0 Å². The molecule has 0 unspecified atom stereocenters. The maximum Gasteiger partial charge on any atom is 0.0762 e. The minimum Gasteiger partial charge on any atom is -0.389 e. The number of aliphatic hydroxyl groups is 1. The Morgan fingerprint density at radius 2 is 2.23 bits per heavy atom. The zero-order valence-electron chi connectivity index (χ0n) is 8.16. The molecule has 0 amide bonds. The number of thioether (sulfide) groups is 1. The van der Waals surface area contributed by atoms with Gasteiger partial charge in [0.05, 0.1) is 6.10 Å².